The number of carbonyl (C=O) groups is 2. The minimum atomic E-state index is -1.52. The van der Waals surface area contributed by atoms with Gasteiger partial charge in [-0.15, -0.1) is 0 Å². The standard InChI is InChI=1S/C8H6N2O4/c11-6-5(8(12)13)14-7-4(10-6)2-1-3-9-7/h1-3,5H,(H,10,11)(H,12,13)/t5-/m0/s1. The number of rotatable bonds is 1. The molecule has 72 valence electrons. The number of amides is 1. The zero-order chi connectivity index (χ0) is 10.1. The van der Waals surface area contributed by atoms with Crippen LogP contribution in [0.15, 0.2) is 18.3 Å². The molecule has 1 aromatic heterocycles. The monoisotopic (exact) mass is 194 g/mol. The number of aromatic nitrogens is 1. The maximum atomic E-state index is 11.2. The van der Waals surface area contributed by atoms with Gasteiger partial charge < -0.3 is 15.2 Å². The summed E-state index contributed by atoms with van der Waals surface area (Å²) in [5.41, 5.74) is 0.384. The Kier molecular flexibility index (Phi) is 1.81. The third-order valence-electron chi connectivity index (χ3n) is 1.72. The van der Waals surface area contributed by atoms with Crippen LogP contribution < -0.4 is 10.1 Å². The predicted molar refractivity (Wildman–Crippen MR) is 44.9 cm³/mol. The number of hydrogen-bond acceptors (Lipinski definition) is 4. The number of hydrogen-bond donors (Lipinski definition) is 2. The Morgan fingerprint density at radius 1 is 1.64 bits per heavy atom. The lowest BCUT2D eigenvalue weighted by Crippen LogP contribution is -2.43. The Labute approximate surface area is 78.5 Å². The van der Waals surface area contributed by atoms with Crippen LogP contribution in [0, 0.1) is 0 Å². The van der Waals surface area contributed by atoms with Crippen molar-refractivity contribution in [2.75, 3.05) is 5.32 Å². The zero-order valence-electron chi connectivity index (χ0n) is 6.93. The van der Waals surface area contributed by atoms with Gasteiger partial charge >= 0.3 is 5.97 Å². The molecular weight excluding hydrogens is 188 g/mol. The van der Waals surface area contributed by atoms with Gasteiger partial charge in [0, 0.05) is 6.20 Å². The molecule has 1 amide bonds. The summed E-state index contributed by atoms with van der Waals surface area (Å²) in [6.07, 6.45) is -0.0627. The predicted octanol–water partition coefficient (Wildman–Crippen LogP) is -0.134. The summed E-state index contributed by atoms with van der Waals surface area (Å²) in [5.74, 6) is -1.91. The van der Waals surface area contributed by atoms with E-state index in [-0.39, 0.29) is 5.88 Å². The van der Waals surface area contributed by atoms with Crippen molar-refractivity contribution in [3.63, 3.8) is 0 Å². The lowest BCUT2D eigenvalue weighted by atomic mass is 10.2. The van der Waals surface area contributed by atoms with Crippen LogP contribution in [-0.4, -0.2) is 28.1 Å². The minimum absolute atomic E-state index is 0.125. The molecule has 2 heterocycles. The van der Waals surface area contributed by atoms with Crippen molar-refractivity contribution in [1.29, 1.82) is 0 Å². The fourth-order valence-corrected chi connectivity index (χ4v) is 1.11. The lowest BCUT2D eigenvalue weighted by molar-refractivity contribution is -0.150. The van der Waals surface area contributed by atoms with Crippen LogP contribution in [0.4, 0.5) is 5.69 Å². The molecule has 6 nitrogen and oxygen atoms in total. The fraction of sp³-hybridized carbons (Fsp3) is 0.125. The van der Waals surface area contributed by atoms with Gasteiger partial charge in [0.2, 0.25) is 5.88 Å². The number of pyridine rings is 1. The molecule has 0 fully saturated rings. The summed E-state index contributed by atoms with van der Waals surface area (Å²) in [6.45, 7) is 0. The van der Waals surface area contributed by atoms with Gasteiger partial charge in [0.05, 0.1) is 0 Å². The molecule has 14 heavy (non-hydrogen) atoms. The summed E-state index contributed by atoms with van der Waals surface area (Å²) >= 11 is 0. The lowest BCUT2D eigenvalue weighted by Gasteiger charge is -2.21. The van der Waals surface area contributed by atoms with Crippen molar-refractivity contribution in [3.8, 4) is 5.88 Å². The first-order chi connectivity index (χ1) is 6.68. The van der Waals surface area contributed by atoms with E-state index in [0.29, 0.717) is 5.69 Å². The molecule has 6 heteroatoms. The van der Waals surface area contributed by atoms with Gasteiger partial charge in [-0.25, -0.2) is 9.78 Å². The first-order valence-corrected chi connectivity index (χ1v) is 3.84. The van der Waals surface area contributed by atoms with Crippen molar-refractivity contribution in [3.05, 3.63) is 18.3 Å². The van der Waals surface area contributed by atoms with Gasteiger partial charge in [-0.3, -0.25) is 4.79 Å². The Hall–Kier alpha value is -2.11. The van der Waals surface area contributed by atoms with E-state index in [1.54, 1.807) is 12.1 Å². The zero-order valence-corrected chi connectivity index (χ0v) is 6.93. The Morgan fingerprint density at radius 3 is 3.14 bits per heavy atom. The number of carbonyl (C=O) groups excluding carboxylic acids is 1. The van der Waals surface area contributed by atoms with Crippen LogP contribution in [0.25, 0.3) is 0 Å². The van der Waals surface area contributed by atoms with Gasteiger partial charge in [0.1, 0.15) is 5.69 Å². The SMILES string of the molecule is O=C(O)[C@H]1Oc2ncccc2NC1=O. The second-order valence-corrected chi connectivity index (χ2v) is 2.68. The van der Waals surface area contributed by atoms with Crippen LogP contribution in [0.3, 0.4) is 0 Å². The second kappa shape index (κ2) is 2.99. The number of aliphatic carboxylic acids is 1. The molecule has 1 aromatic rings. The molecule has 2 N–H and O–H groups in total. The molecule has 2 rings (SSSR count). The fourth-order valence-electron chi connectivity index (χ4n) is 1.11. The molecule has 1 atom stereocenters. The normalized spacial score (nSPS) is 19.1. The average Bonchev–Trinajstić information content (AvgIpc) is 2.16. The molecule has 0 unspecified atom stereocenters. The van der Waals surface area contributed by atoms with E-state index < -0.39 is 18.0 Å². The molecule has 1 aliphatic heterocycles. The largest absolute Gasteiger partial charge is 0.478 e. The molecule has 0 aromatic carbocycles. The van der Waals surface area contributed by atoms with E-state index in [9.17, 15) is 9.59 Å². The number of fused-ring (bicyclic) bond motifs is 1. The van der Waals surface area contributed by atoms with Crippen molar-refractivity contribution < 1.29 is 19.4 Å². The van der Waals surface area contributed by atoms with Gasteiger partial charge in [0.25, 0.3) is 12.0 Å². The summed E-state index contributed by atoms with van der Waals surface area (Å²) < 4.78 is 4.88. The second-order valence-electron chi connectivity index (χ2n) is 2.68. The number of nitrogens with zero attached hydrogens (tertiary/aromatic N) is 1. The highest BCUT2D eigenvalue weighted by molar-refractivity contribution is 6.08. The van der Waals surface area contributed by atoms with Crippen LogP contribution in [0.5, 0.6) is 5.88 Å². The molecular formula is C8H6N2O4. The average molecular weight is 194 g/mol. The molecule has 0 radical (unpaired) electrons. The smallest absolute Gasteiger partial charge is 0.355 e. The Morgan fingerprint density at radius 2 is 2.43 bits per heavy atom. The van der Waals surface area contributed by atoms with Gasteiger partial charge in [-0.05, 0) is 12.1 Å². The van der Waals surface area contributed by atoms with Crippen LogP contribution in [0.2, 0.25) is 0 Å². The minimum Gasteiger partial charge on any atom is -0.478 e. The highest BCUT2D eigenvalue weighted by Crippen LogP contribution is 2.25. The first-order valence-electron chi connectivity index (χ1n) is 3.84. The number of ether oxygens (including phenoxy) is 1. The van der Waals surface area contributed by atoms with Crippen molar-refractivity contribution >= 4 is 17.6 Å². The van der Waals surface area contributed by atoms with E-state index in [4.69, 9.17) is 9.84 Å². The molecule has 0 aliphatic carbocycles. The highest BCUT2D eigenvalue weighted by atomic mass is 16.5. The topological polar surface area (TPSA) is 88.5 Å². The van der Waals surface area contributed by atoms with Crippen LogP contribution >= 0.6 is 0 Å². The third kappa shape index (κ3) is 1.26. The number of carboxylic acid groups (broad SMARTS) is 1. The van der Waals surface area contributed by atoms with Crippen molar-refractivity contribution in [1.82, 2.24) is 4.98 Å². The Bertz CT molecular complexity index is 404. The number of carboxylic acids is 1. The summed E-state index contributed by atoms with van der Waals surface area (Å²) in [5, 5.41) is 11.0. The van der Waals surface area contributed by atoms with E-state index >= 15 is 0 Å². The number of anilines is 1. The van der Waals surface area contributed by atoms with Gasteiger partial charge in [-0.2, -0.15) is 0 Å². The van der Waals surface area contributed by atoms with E-state index in [2.05, 4.69) is 10.3 Å². The van der Waals surface area contributed by atoms with Crippen molar-refractivity contribution in [2.24, 2.45) is 0 Å². The quantitative estimate of drug-likeness (QED) is 0.607. The molecule has 0 saturated heterocycles. The molecule has 0 spiro atoms. The van der Waals surface area contributed by atoms with Crippen molar-refractivity contribution in [2.45, 2.75) is 6.10 Å². The third-order valence-corrected chi connectivity index (χ3v) is 1.72. The van der Waals surface area contributed by atoms with E-state index in [1.165, 1.54) is 6.20 Å². The molecule has 0 bridgehead atoms. The molecule has 1 aliphatic rings. The van der Waals surface area contributed by atoms with Gasteiger partial charge in [-0.1, -0.05) is 0 Å². The van der Waals surface area contributed by atoms with Gasteiger partial charge in [0.15, 0.2) is 0 Å². The van der Waals surface area contributed by atoms with Crippen LogP contribution in [-0.2, 0) is 9.59 Å². The summed E-state index contributed by atoms with van der Waals surface area (Å²) in [6, 6.07) is 3.20. The number of nitrogens with one attached hydrogen (secondary N) is 1. The van der Waals surface area contributed by atoms with E-state index in [0.717, 1.165) is 0 Å². The summed E-state index contributed by atoms with van der Waals surface area (Å²) in [7, 11) is 0. The summed E-state index contributed by atoms with van der Waals surface area (Å²) in [4.78, 5) is 25.5. The molecule has 0 saturated carbocycles. The highest BCUT2D eigenvalue weighted by Gasteiger charge is 2.34. The van der Waals surface area contributed by atoms with Crippen LogP contribution in [0.1, 0.15) is 0 Å². The Balaban J connectivity index is 2.36. The van der Waals surface area contributed by atoms with E-state index in [1.807, 2.05) is 0 Å². The first kappa shape index (κ1) is 8.49. The maximum absolute atomic E-state index is 11.2. The maximum Gasteiger partial charge on any atom is 0.355 e.